The van der Waals surface area contributed by atoms with Gasteiger partial charge in [0.05, 0.1) is 12.1 Å². The van der Waals surface area contributed by atoms with Crippen molar-refractivity contribution in [3.63, 3.8) is 0 Å². The van der Waals surface area contributed by atoms with Gasteiger partial charge in [0.2, 0.25) is 5.91 Å². The van der Waals surface area contributed by atoms with E-state index in [2.05, 4.69) is 4.98 Å². The molecule has 1 saturated heterocycles. The number of piperazine rings is 1. The van der Waals surface area contributed by atoms with Crippen molar-refractivity contribution in [2.45, 2.75) is 38.5 Å². The van der Waals surface area contributed by atoms with Gasteiger partial charge in [0.15, 0.2) is 5.69 Å². The van der Waals surface area contributed by atoms with Gasteiger partial charge in [0.25, 0.3) is 5.91 Å². The van der Waals surface area contributed by atoms with Gasteiger partial charge in [-0.25, -0.2) is 4.68 Å². The Morgan fingerprint density at radius 1 is 0.833 bits per heavy atom. The highest BCUT2D eigenvalue weighted by molar-refractivity contribution is 5.94. The first-order valence-electron chi connectivity index (χ1n) is 13.0. The van der Waals surface area contributed by atoms with Gasteiger partial charge in [-0.1, -0.05) is 42.8 Å². The average Bonchev–Trinajstić information content (AvgIpc) is 3.41. The maximum absolute atomic E-state index is 13.7. The number of carbonyl (C=O) groups is 2. The Bertz CT molecular complexity index is 1400. The van der Waals surface area contributed by atoms with Gasteiger partial charge in [-0.05, 0) is 49.4 Å². The van der Waals surface area contributed by atoms with Gasteiger partial charge in [0.1, 0.15) is 0 Å². The summed E-state index contributed by atoms with van der Waals surface area (Å²) in [5, 5.41) is 5.95. The molecule has 3 heterocycles. The van der Waals surface area contributed by atoms with E-state index in [9.17, 15) is 9.59 Å². The zero-order valence-corrected chi connectivity index (χ0v) is 20.4. The van der Waals surface area contributed by atoms with Crippen LogP contribution in [0.5, 0.6) is 0 Å². The predicted octanol–water partition coefficient (Wildman–Crippen LogP) is 4.15. The maximum atomic E-state index is 13.7. The van der Waals surface area contributed by atoms with E-state index in [1.807, 2.05) is 75.3 Å². The minimum atomic E-state index is -0.00782. The number of fused-ring (bicyclic) bond motifs is 2. The fraction of sp³-hybridized carbons (Fsp3) is 0.345. The second-order valence-corrected chi connectivity index (χ2v) is 9.79. The van der Waals surface area contributed by atoms with E-state index in [4.69, 9.17) is 5.10 Å². The highest BCUT2D eigenvalue weighted by atomic mass is 16.2. The van der Waals surface area contributed by atoms with E-state index < -0.39 is 0 Å². The van der Waals surface area contributed by atoms with Crippen molar-refractivity contribution in [2.24, 2.45) is 0 Å². The molecule has 2 aliphatic rings. The van der Waals surface area contributed by atoms with Crippen LogP contribution < -0.4 is 0 Å². The summed E-state index contributed by atoms with van der Waals surface area (Å²) in [7, 11) is 0. The van der Waals surface area contributed by atoms with Crippen molar-refractivity contribution in [3.8, 4) is 5.69 Å². The van der Waals surface area contributed by atoms with Crippen LogP contribution in [0.25, 0.3) is 16.6 Å². The van der Waals surface area contributed by atoms with Crippen LogP contribution in [-0.4, -0.2) is 62.6 Å². The molecular weight excluding hydrogens is 450 g/mol. The van der Waals surface area contributed by atoms with Gasteiger partial charge in [0, 0.05) is 54.5 Å². The molecule has 0 radical (unpaired) electrons. The molecule has 7 nitrogen and oxygen atoms in total. The van der Waals surface area contributed by atoms with Crippen LogP contribution in [-0.2, 0) is 24.1 Å². The van der Waals surface area contributed by atoms with Crippen molar-refractivity contribution in [1.82, 2.24) is 24.6 Å². The van der Waals surface area contributed by atoms with Crippen molar-refractivity contribution in [1.29, 1.82) is 0 Å². The number of para-hydroxylation sites is 2. The van der Waals surface area contributed by atoms with E-state index in [1.54, 1.807) is 0 Å². The molecule has 0 saturated carbocycles. The molecule has 36 heavy (non-hydrogen) atoms. The molecule has 0 bridgehead atoms. The Hall–Kier alpha value is -3.87. The van der Waals surface area contributed by atoms with Crippen LogP contribution in [0.3, 0.4) is 0 Å². The molecule has 6 rings (SSSR count). The second-order valence-electron chi connectivity index (χ2n) is 9.79. The van der Waals surface area contributed by atoms with Gasteiger partial charge < -0.3 is 14.8 Å². The first-order valence-corrected chi connectivity index (χ1v) is 13.0. The molecule has 0 spiro atoms. The average molecular weight is 482 g/mol. The summed E-state index contributed by atoms with van der Waals surface area (Å²) in [5.41, 5.74) is 5.94. The highest BCUT2D eigenvalue weighted by Gasteiger charge is 2.30. The molecule has 1 aliphatic carbocycles. The Balaban J connectivity index is 1.17. The number of benzene rings is 2. The molecular formula is C29H31N5O2. The smallest absolute Gasteiger partial charge is 0.274 e. The molecule has 7 heteroatoms. The number of nitrogens with one attached hydrogen (secondary N) is 1. The summed E-state index contributed by atoms with van der Waals surface area (Å²) in [6, 6.07) is 18.2. The first-order chi connectivity index (χ1) is 17.7. The SMILES string of the molecule is O=C(Cc1c[nH]c2ccccc12)N1CCN(C(=O)c2nn(-c3ccccc3)c3c2CCCCC3)CC1. The molecule has 0 atom stereocenters. The van der Waals surface area contributed by atoms with Crippen LogP contribution in [0.1, 0.15) is 46.6 Å². The zero-order valence-electron chi connectivity index (χ0n) is 20.4. The van der Waals surface area contributed by atoms with Crippen molar-refractivity contribution in [3.05, 3.63) is 83.3 Å². The molecule has 184 valence electrons. The van der Waals surface area contributed by atoms with Crippen LogP contribution in [0.2, 0.25) is 0 Å². The van der Waals surface area contributed by atoms with Crippen LogP contribution in [0.4, 0.5) is 0 Å². The molecule has 0 unspecified atom stereocenters. The predicted molar refractivity (Wildman–Crippen MR) is 139 cm³/mol. The van der Waals surface area contributed by atoms with Crippen LogP contribution in [0.15, 0.2) is 60.8 Å². The number of hydrogen-bond acceptors (Lipinski definition) is 3. The van der Waals surface area contributed by atoms with Gasteiger partial charge in [-0.2, -0.15) is 5.10 Å². The summed E-state index contributed by atoms with van der Waals surface area (Å²) < 4.78 is 1.98. The minimum Gasteiger partial charge on any atom is -0.361 e. The number of nitrogens with zero attached hydrogens (tertiary/aromatic N) is 4. The fourth-order valence-electron chi connectivity index (χ4n) is 5.59. The lowest BCUT2D eigenvalue weighted by Crippen LogP contribution is -2.51. The Kier molecular flexibility index (Phi) is 6.05. The molecule has 1 fully saturated rings. The van der Waals surface area contributed by atoms with E-state index in [0.29, 0.717) is 38.3 Å². The van der Waals surface area contributed by atoms with E-state index in [-0.39, 0.29) is 11.8 Å². The highest BCUT2D eigenvalue weighted by Crippen LogP contribution is 2.27. The van der Waals surface area contributed by atoms with Crippen LogP contribution >= 0.6 is 0 Å². The summed E-state index contributed by atoms with van der Waals surface area (Å²) >= 11 is 0. The topological polar surface area (TPSA) is 74.2 Å². The van der Waals surface area contributed by atoms with Crippen molar-refractivity contribution < 1.29 is 9.59 Å². The summed E-state index contributed by atoms with van der Waals surface area (Å²) in [6.07, 6.45) is 7.52. The van der Waals surface area contributed by atoms with Crippen molar-refractivity contribution >= 4 is 22.7 Å². The maximum Gasteiger partial charge on any atom is 0.274 e. The fourth-order valence-corrected chi connectivity index (χ4v) is 5.59. The Morgan fingerprint density at radius 2 is 1.56 bits per heavy atom. The Labute approximate surface area is 210 Å². The third-order valence-electron chi connectivity index (χ3n) is 7.57. The number of aromatic amines is 1. The summed E-state index contributed by atoms with van der Waals surface area (Å²) in [6.45, 7) is 2.17. The lowest BCUT2D eigenvalue weighted by molar-refractivity contribution is -0.131. The molecule has 1 aliphatic heterocycles. The Morgan fingerprint density at radius 3 is 2.39 bits per heavy atom. The van der Waals surface area contributed by atoms with Gasteiger partial charge in [-0.15, -0.1) is 0 Å². The number of amides is 2. The standard InChI is InChI=1S/C29H31N5O2/c35-27(19-21-20-30-25-13-8-7-11-23(21)25)32-15-17-33(18-16-32)29(36)28-24-12-5-2-6-14-26(24)34(31-28)22-9-3-1-4-10-22/h1,3-4,7-11,13,20,30H,2,5-6,12,14-19H2. The van der Waals surface area contributed by atoms with E-state index in [0.717, 1.165) is 53.4 Å². The van der Waals surface area contributed by atoms with Crippen LogP contribution in [0, 0.1) is 0 Å². The summed E-state index contributed by atoms with van der Waals surface area (Å²) in [5.74, 6) is 0.0978. The van der Waals surface area contributed by atoms with E-state index in [1.165, 1.54) is 12.1 Å². The van der Waals surface area contributed by atoms with Gasteiger partial charge in [-0.3, -0.25) is 9.59 Å². The zero-order chi connectivity index (χ0) is 24.5. The number of carbonyl (C=O) groups excluding carboxylic acids is 2. The van der Waals surface area contributed by atoms with Crippen molar-refractivity contribution in [2.75, 3.05) is 26.2 Å². The van der Waals surface area contributed by atoms with Gasteiger partial charge >= 0.3 is 0 Å². The van der Waals surface area contributed by atoms with E-state index >= 15 is 0 Å². The molecule has 4 aromatic rings. The minimum absolute atomic E-state index is 0.00782. The number of aromatic nitrogens is 3. The normalized spacial score (nSPS) is 16.1. The lowest BCUT2D eigenvalue weighted by Gasteiger charge is -2.34. The third-order valence-corrected chi connectivity index (χ3v) is 7.57. The summed E-state index contributed by atoms with van der Waals surface area (Å²) in [4.78, 5) is 33.7. The molecule has 2 aromatic heterocycles. The molecule has 2 aromatic carbocycles. The lowest BCUT2D eigenvalue weighted by atomic mass is 10.1. The molecule has 2 amide bonds. The third kappa shape index (κ3) is 4.19. The largest absolute Gasteiger partial charge is 0.361 e. The number of rotatable bonds is 4. The number of H-pyrrole nitrogens is 1. The monoisotopic (exact) mass is 481 g/mol. The second kappa shape index (κ2) is 9.64. The first kappa shape index (κ1) is 22.6. The molecule has 1 N–H and O–H groups in total. The number of hydrogen-bond donors (Lipinski definition) is 1. The quantitative estimate of drug-likeness (QED) is 0.445.